The Labute approximate surface area is 140 Å². The lowest BCUT2D eigenvalue weighted by Gasteiger charge is -2.33. The van der Waals surface area contributed by atoms with Crippen LogP contribution in [0.1, 0.15) is 42.1 Å². The summed E-state index contributed by atoms with van der Waals surface area (Å²) in [4.78, 5) is 2.34. The largest absolute Gasteiger partial charge is 0.387 e. The molecule has 0 aliphatic carbocycles. The maximum Gasteiger partial charge on any atom is 0.0917 e. The molecule has 0 spiro atoms. The fraction of sp³-hybridized carbons (Fsp3) is 0.684. The van der Waals surface area contributed by atoms with Crippen molar-refractivity contribution in [3.8, 4) is 0 Å². The minimum Gasteiger partial charge on any atom is -0.387 e. The molecule has 0 amide bonds. The number of piperidine rings is 1. The summed E-state index contributed by atoms with van der Waals surface area (Å²) in [6, 6.07) is 6.31. The lowest BCUT2D eigenvalue weighted by atomic mass is 10.0. The normalized spacial score (nSPS) is 18.3. The molecule has 2 rings (SSSR count). The van der Waals surface area contributed by atoms with Gasteiger partial charge < -0.3 is 19.5 Å². The third-order valence-corrected chi connectivity index (χ3v) is 4.44. The van der Waals surface area contributed by atoms with Gasteiger partial charge in [-0.15, -0.1) is 0 Å². The van der Waals surface area contributed by atoms with Crippen molar-refractivity contribution in [1.82, 2.24) is 4.90 Å². The van der Waals surface area contributed by atoms with E-state index in [-0.39, 0.29) is 0 Å². The third kappa shape index (κ3) is 6.22. The molecule has 1 heterocycles. The highest BCUT2D eigenvalue weighted by molar-refractivity contribution is 5.30. The van der Waals surface area contributed by atoms with E-state index < -0.39 is 6.10 Å². The Morgan fingerprint density at radius 3 is 2.39 bits per heavy atom. The Kier molecular flexibility index (Phi) is 7.50. The number of nitrogens with zero attached hydrogens (tertiary/aromatic N) is 1. The van der Waals surface area contributed by atoms with Gasteiger partial charge in [-0.25, -0.2) is 0 Å². The first kappa shape index (κ1) is 18.4. The number of hydrogen-bond donors (Lipinski definition) is 1. The van der Waals surface area contributed by atoms with Gasteiger partial charge in [0.05, 0.1) is 12.2 Å². The highest BCUT2D eigenvalue weighted by atomic mass is 16.5. The summed E-state index contributed by atoms with van der Waals surface area (Å²) in [6.07, 6.45) is 3.01. The van der Waals surface area contributed by atoms with Crippen LogP contribution in [0.25, 0.3) is 0 Å². The van der Waals surface area contributed by atoms with Crippen molar-refractivity contribution in [3.05, 3.63) is 34.9 Å². The number of methoxy groups -OCH3 is 1. The first-order valence-corrected chi connectivity index (χ1v) is 8.67. The van der Waals surface area contributed by atoms with Gasteiger partial charge in [0.15, 0.2) is 0 Å². The van der Waals surface area contributed by atoms with Crippen LogP contribution in [0.2, 0.25) is 0 Å². The summed E-state index contributed by atoms with van der Waals surface area (Å²) in [6.45, 7) is 8.41. The predicted molar refractivity (Wildman–Crippen MR) is 92.8 cm³/mol. The van der Waals surface area contributed by atoms with Crippen molar-refractivity contribution >= 4 is 0 Å². The number of aliphatic hydroxyl groups excluding tert-OH is 1. The second kappa shape index (κ2) is 9.38. The monoisotopic (exact) mass is 321 g/mol. The molecule has 4 heteroatoms. The molecule has 1 N–H and O–H groups in total. The van der Waals surface area contributed by atoms with Crippen molar-refractivity contribution in [3.63, 3.8) is 0 Å². The molecule has 1 fully saturated rings. The van der Waals surface area contributed by atoms with E-state index >= 15 is 0 Å². The first-order valence-electron chi connectivity index (χ1n) is 8.67. The zero-order chi connectivity index (χ0) is 16.7. The van der Waals surface area contributed by atoms with Gasteiger partial charge in [-0.3, -0.25) is 0 Å². The maximum atomic E-state index is 10.5. The molecule has 1 atom stereocenters. The highest BCUT2D eigenvalue weighted by Crippen LogP contribution is 2.21. The predicted octanol–water partition coefficient (Wildman–Crippen LogP) is 2.85. The van der Waals surface area contributed by atoms with Crippen LogP contribution in [0.4, 0.5) is 0 Å². The van der Waals surface area contributed by atoms with Crippen LogP contribution < -0.4 is 0 Å². The van der Waals surface area contributed by atoms with Crippen molar-refractivity contribution in [1.29, 1.82) is 0 Å². The molecule has 1 aliphatic heterocycles. The summed E-state index contributed by atoms with van der Waals surface area (Å²) in [5.74, 6) is 0. The van der Waals surface area contributed by atoms with E-state index in [1.54, 1.807) is 7.11 Å². The Balaban J connectivity index is 1.73. The minimum absolute atomic E-state index is 0.362. The summed E-state index contributed by atoms with van der Waals surface area (Å²) in [5, 5.41) is 10.5. The number of rotatable bonds is 8. The summed E-state index contributed by atoms with van der Waals surface area (Å²) < 4.78 is 10.9. The Morgan fingerprint density at radius 2 is 1.78 bits per heavy atom. The number of benzene rings is 1. The Bertz CT molecular complexity index is 449. The van der Waals surface area contributed by atoms with Gasteiger partial charge in [-0.2, -0.15) is 0 Å². The highest BCUT2D eigenvalue weighted by Gasteiger charge is 2.22. The second-order valence-corrected chi connectivity index (χ2v) is 6.65. The van der Waals surface area contributed by atoms with Crippen molar-refractivity contribution in [2.45, 2.75) is 45.3 Å². The molecule has 0 aromatic heterocycles. The van der Waals surface area contributed by atoms with Crippen molar-refractivity contribution in [2.75, 3.05) is 40.0 Å². The van der Waals surface area contributed by atoms with Gasteiger partial charge in [-0.1, -0.05) is 29.3 Å². The zero-order valence-electron chi connectivity index (χ0n) is 14.8. The topological polar surface area (TPSA) is 41.9 Å². The zero-order valence-corrected chi connectivity index (χ0v) is 14.8. The molecule has 0 saturated carbocycles. The van der Waals surface area contributed by atoms with Crippen molar-refractivity contribution in [2.24, 2.45) is 0 Å². The van der Waals surface area contributed by atoms with Gasteiger partial charge >= 0.3 is 0 Å². The summed E-state index contributed by atoms with van der Waals surface area (Å²) >= 11 is 0. The number of hydrogen-bond acceptors (Lipinski definition) is 4. The van der Waals surface area contributed by atoms with E-state index in [0.717, 1.165) is 51.1 Å². The molecule has 23 heavy (non-hydrogen) atoms. The second-order valence-electron chi connectivity index (χ2n) is 6.65. The summed E-state index contributed by atoms with van der Waals surface area (Å²) in [7, 11) is 1.72. The van der Waals surface area contributed by atoms with Crippen LogP contribution in [0.3, 0.4) is 0 Å². The molecule has 130 valence electrons. The van der Waals surface area contributed by atoms with E-state index in [4.69, 9.17) is 9.47 Å². The van der Waals surface area contributed by atoms with E-state index in [2.05, 4.69) is 36.9 Å². The number of aliphatic hydroxyl groups is 1. The molecule has 1 aromatic carbocycles. The molecule has 1 unspecified atom stereocenters. The van der Waals surface area contributed by atoms with Gasteiger partial charge in [0.1, 0.15) is 0 Å². The molecule has 1 saturated heterocycles. The first-order chi connectivity index (χ1) is 11.1. The fourth-order valence-electron chi connectivity index (χ4n) is 3.26. The van der Waals surface area contributed by atoms with E-state index in [0.29, 0.717) is 12.6 Å². The number of ether oxygens (including phenoxy) is 2. The third-order valence-electron chi connectivity index (χ3n) is 4.44. The minimum atomic E-state index is -0.409. The smallest absolute Gasteiger partial charge is 0.0917 e. The van der Waals surface area contributed by atoms with Crippen LogP contribution in [0.5, 0.6) is 0 Å². The average Bonchev–Trinajstić information content (AvgIpc) is 2.52. The number of β-amino-alcohol motifs (C(OH)–C–C–N with tert-alkyl or cyclic N) is 1. The Morgan fingerprint density at radius 1 is 1.13 bits per heavy atom. The number of likely N-dealkylation sites (tertiary alicyclic amines) is 1. The van der Waals surface area contributed by atoms with Gasteiger partial charge in [-0.05, 0) is 38.7 Å². The van der Waals surface area contributed by atoms with Crippen LogP contribution in [0, 0.1) is 13.8 Å². The van der Waals surface area contributed by atoms with Crippen LogP contribution in [0.15, 0.2) is 18.2 Å². The van der Waals surface area contributed by atoms with Crippen LogP contribution in [-0.4, -0.2) is 56.1 Å². The van der Waals surface area contributed by atoms with E-state index in [9.17, 15) is 5.11 Å². The molecular weight excluding hydrogens is 290 g/mol. The lowest BCUT2D eigenvalue weighted by molar-refractivity contribution is -0.00824. The van der Waals surface area contributed by atoms with Gasteiger partial charge in [0.25, 0.3) is 0 Å². The molecular formula is C19H31NO3. The quantitative estimate of drug-likeness (QED) is 0.748. The lowest BCUT2D eigenvalue weighted by Crippen LogP contribution is -2.39. The SMILES string of the molecule is COCCCOC1CCN(CC(O)c2cc(C)cc(C)c2)CC1. The van der Waals surface area contributed by atoms with Crippen molar-refractivity contribution < 1.29 is 14.6 Å². The van der Waals surface area contributed by atoms with Crippen LogP contribution in [-0.2, 0) is 9.47 Å². The summed E-state index contributed by atoms with van der Waals surface area (Å²) in [5.41, 5.74) is 3.45. The molecule has 1 aromatic rings. The van der Waals surface area contributed by atoms with Gasteiger partial charge in [0, 0.05) is 40.0 Å². The standard InChI is InChI=1S/C19H31NO3/c1-15-11-16(2)13-17(12-15)19(21)14-20-7-5-18(6-8-20)23-10-4-9-22-3/h11-13,18-19,21H,4-10,14H2,1-3H3. The molecule has 0 radical (unpaired) electrons. The Hall–Kier alpha value is -0.940. The van der Waals surface area contributed by atoms with E-state index in [1.165, 1.54) is 11.1 Å². The molecule has 0 bridgehead atoms. The fourth-order valence-corrected chi connectivity index (χ4v) is 3.26. The van der Waals surface area contributed by atoms with E-state index in [1.807, 2.05) is 0 Å². The number of aryl methyl sites for hydroxylation is 2. The van der Waals surface area contributed by atoms with Gasteiger partial charge in [0.2, 0.25) is 0 Å². The maximum absolute atomic E-state index is 10.5. The molecule has 4 nitrogen and oxygen atoms in total. The van der Waals surface area contributed by atoms with Crippen LogP contribution >= 0.6 is 0 Å². The average molecular weight is 321 g/mol. The molecule has 1 aliphatic rings.